The van der Waals surface area contributed by atoms with Crippen molar-refractivity contribution in [2.45, 2.75) is 0 Å². The third-order valence-electron chi connectivity index (χ3n) is 14.9. The topological polar surface area (TPSA) is 6.48 Å². The minimum Gasteiger partial charge on any atom is -0.311 e. The highest BCUT2D eigenvalue weighted by atomic mass is 32.1. The van der Waals surface area contributed by atoms with Gasteiger partial charge >= 0.3 is 0 Å². The summed E-state index contributed by atoms with van der Waals surface area (Å²) in [5.74, 6) is 0. The summed E-state index contributed by atoms with van der Waals surface area (Å²) in [7, 11) is 0. The molecule has 71 heavy (non-hydrogen) atoms. The molecule has 0 radical (unpaired) electrons. The lowest BCUT2D eigenvalue weighted by atomic mass is 9.33. The van der Waals surface area contributed by atoms with Crippen LogP contribution in [0, 0.1) is 0 Å². The van der Waals surface area contributed by atoms with Crippen molar-refractivity contribution in [1.29, 1.82) is 0 Å². The normalized spacial score (nSPS) is 12.7. The Kier molecular flexibility index (Phi) is 9.13. The Bertz CT molecular complexity index is 4000. The first-order valence-electron chi connectivity index (χ1n) is 24.4. The van der Waals surface area contributed by atoms with Crippen LogP contribution in [-0.4, -0.2) is 6.71 Å². The summed E-state index contributed by atoms with van der Waals surface area (Å²) in [6.45, 7) is -0.0508. The van der Waals surface area contributed by atoms with Gasteiger partial charge in [-0.05, 0) is 110 Å². The Morgan fingerprint density at radius 2 is 0.648 bits per heavy atom. The summed E-state index contributed by atoms with van der Waals surface area (Å²) in [5, 5.41) is 5.25. The Balaban J connectivity index is 1.03. The van der Waals surface area contributed by atoms with E-state index >= 15 is 0 Å². The molecule has 0 saturated carbocycles. The Labute approximate surface area is 420 Å². The van der Waals surface area contributed by atoms with E-state index in [0.717, 1.165) is 11.4 Å². The van der Waals surface area contributed by atoms with Crippen LogP contribution in [0.15, 0.2) is 249 Å². The highest BCUT2D eigenvalue weighted by Gasteiger charge is 2.44. The molecule has 2 aromatic heterocycles. The molecule has 330 valence electrons. The van der Waals surface area contributed by atoms with Crippen molar-refractivity contribution in [3.05, 3.63) is 249 Å². The third kappa shape index (κ3) is 6.20. The molecule has 0 spiro atoms. The maximum absolute atomic E-state index is 2.57. The molecule has 2 aliphatic heterocycles. The van der Waals surface area contributed by atoms with Crippen LogP contribution in [0.25, 0.3) is 84.9 Å². The van der Waals surface area contributed by atoms with Crippen molar-refractivity contribution in [1.82, 2.24) is 0 Å². The van der Waals surface area contributed by atoms with E-state index < -0.39 is 0 Å². The van der Waals surface area contributed by atoms with Gasteiger partial charge < -0.3 is 9.80 Å². The molecule has 0 amide bonds. The Morgan fingerprint density at radius 1 is 0.268 bits per heavy atom. The van der Waals surface area contributed by atoms with Crippen LogP contribution in [0.2, 0.25) is 0 Å². The van der Waals surface area contributed by atoms with Crippen LogP contribution in [0.3, 0.4) is 0 Å². The molecule has 2 aliphatic rings. The van der Waals surface area contributed by atoms with Gasteiger partial charge in [0, 0.05) is 74.2 Å². The van der Waals surface area contributed by atoms with Gasteiger partial charge in [-0.1, -0.05) is 188 Å². The monoisotopic (exact) mass is 936 g/mol. The molecule has 2 nitrogen and oxygen atoms in total. The summed E-state index contributed by atoms with van der Waals surface area (Å²) in [4.78, 5) is 5.15. The van der Waals surface area contributed by atoms with Crippen molar-refractivity contribution in [3.8, 4) is 44.5 Å². The van der Waals surface area contributed by atoms with E-state index in [1.165, 1.54) is 124 Å². The first kappa shape index (κ1) is 40.4. The van der Waals surface area contributed by atoms with Gasteiger partial charge in [0.1, 0.15) is 0 Å². The van der Waals surface area contributed by atoms with E-state index in [-0.39, 0.29) is 6.71 Å². The lowest BCUT2D eigenvalue weighted by Gasteiger charge is -2.45. The molecule has 0 saturated heterocycles. The number of anilines is 6. The number of thiophene rings is 2. The minimum atomic E-state index is -0.0508. The number of para-hydroxylation sites is 2. The molecule has 0 N–H and O–H groups in total. The first-order chi connectivity index (χ1) is 35.2. The molecule has 4 heterocycles. The fraction of sp³-hybridized carbons (Fsp3) is 0. The van der Waals surface area contributed by atoms with Gasteiger partial charge in [-0.15, -0.1) is 22.7 Å². The van der Waals surface area contributed by atoms with Gasteiger partial charge in [-0.2, -0.15) is 0 Å². The zero-order valence-electron chi connectivity index (χ0n) is 38.5. The van der Waals surface area contributed by atoms with Crippen molar-refractivity contribution in [2.24, 2.45) is 0 Å². The SMILES string of the molecule is c1ccc(-c2ccccc2N2c3cc(-c4cccc5sc6ccccc6c45)ccc3B3c4ccc(-c5cccc6sc7ccccc7c56)cc4N(c4ccccc4-c4ccccc4)c4cccc2c43)cc1. The number of hydrogen-bond donors (Lipinski definition) is 0. The minimum absolute atomic E-state index is 0.0508. The van der Waals surface area contributed by atoms with Crippen LogP contribution in [-0.2, 0) is 0 Å². The molecule has 0 aliphatic carbocycles. The molecule has 0 bridgehead atoms. The highest BCUT2D eigenvalue weighted by molar-refractivity contribution is 7.26. The van der Waals surface area contributed by atoms with Gasteiger partial charge in [0.2, 0.25) is 0 Å². The zero-order chi connectivity index (χ0) is 46.6. The van der Waals surface area contributed by atoms with Gasteiger partial charge in [0.05, 0.1) is 11.4 Å². The lowest BCUT2D eigenvalue weighted by molar-refractivity contribution is 1.25. The second-order valence-electron chi connectivity index (χ2n) is 18.7. The smallest absolute Gasteiger partial charge is 0.252 e. The molecule has 0 fully saturated rings. The van der Waals surface area contributed by atoms with Crippen LogP contribution in [0.1, 0.15) is 0 Å². The quantitative estimate of drug-likeness (QED) is 0.153. The number of rotatable bonds is 6. The van der Waals surface area contributed by atoms with Crippen molar-refractivity contribution in [2.75, 3.05) is 9.80 Å². The van der Waals surface area contributed by atoms with E-state index in [2.05, 4.69) is 259 Å². The predicted octanol–water partition coefficient (Wildman–Crippen LogP) is 17.2. The predicted molar refractivity (Wildman–Crippen MR) is 308 cm³/mol. The van der Waals surface area contributed by atoms with E-state index in [4.69, 9.17) is 0 Å². The Morgan fingerprint density at radius 3 is 1.14 bits per heavy atom. The standard InChI is InChI=1S/C66H41BN2S2/c1-3-18-42(19-4-1)46-22-7-11-28-54(46)68-56-30-17-31-57-66(56)67(52-38-36-44(40-58(52)68)48-26-15-34-62-64(48)50-24-9-13-32-60(50)70-62)53-39-37-45(49-27-16-35-63-65(49)51-25-10-14-33-61(51)71-63)41-59(53)69(57)55-29-12-8-23-47(55)43-20-5-2-6-21-43/h1-41H. The largest absolute Gasteiger partial charge is 0.311 e. The van der Waals surface area contributed by atoms with E-state index in [1.807, 2.05) is 22.7 Å². The van der Waals surface area contributed by atoms with Gasteiger partial charge in [-0.25, -0.2) is 0 Å². The van der Waals surface area contributed by atoms with Crippen molar-refractivity contribution in [3.63, 3.8) is 0 Å². The third-order valence-corrected chi connectivity index (χ3v) is 17.2. The second-order valence-corrected chi connectivity index (χ2v) is 20.8. The number of hydrogen-bond acceptors (Lipinski definition) is 4. The molecule has 0 unspecified atom stereocenters. The van der Waals surface area contributed by atoms with Crippen LogP contribution < -0.4 is 26.2 Å². The van der Waals surface area contributed by atoms with Gasteiger partial charge in [-0.3, -0.25) is 0 Å². The van der Waals surface area contributed by atoms with Crippen LogP contribution >= 0.6 is 22.7 Å². The van der Waals surface area contributed by atoms with Crippen molar-refractivity contribution >= 4 is 120 Å². The van der Waals surface area contributed by atoms with Crippen LogP contribution in [0.4, 0.5) is 34.1 Å². The summed E-state index contributed by atoms with van der Waals surface area (Å²) in [5.41, 5.74) is 20.6. The average molecular weight is 937 g/mol. The molecule has 5 heteroatoms. The molecule has 0 atom stereocenters. The van der Waals surface area contributed by atoms with Gasteiger partial charge in [0.25, 0.3) is 6.71 Å². The molecular weight excluding hydrogens is 896 g/mol. The van der Waals surface area contributed by atoms with Crippen molar-refractivity contribution < 1.29 is 0 Å². The first-order valence-corrected chi connectivity index (χ1v) is 26.0. The van der Waals surface area contributed by atoms with E-state index in [1.54, 1.807) is 0 Å². The average Bonchev–Trinajstić information content (AvgIpc) is 4.02. The molecule has 15 rings (SSSR count). The molecule has 13 aromatic rings. The van der Waals surface area contributed by atoms with Gasteiger partial charge in [0.15, 0.2) is 0 Å². The fourth-order valence-corrected chi connectivity index (χ4v) is 14.1. The summed E-state index contributed by atoms with van der Waals surface area (Å²) in [6, 6.07) is 92.7. The molecule has 11 aromatic carbocycles. The van der Waals surface area contributed by atoms with Crippen LogP contribution in [0.5, 0.6) is 0 Å². The summed E-state index contributed by atoms with van der Waals surface area (Å²) >= 11 is 3.75. The summed E-state index contributed by atoms with van der Waals surface area (Å²) in [6.07, 6.45) is 0. The van der Waals surface area contributed by atoms with E-state index in [9.17, 15) is 0 Å². The summed E-state index contributed by atoms with van der Waals surface area (Å²) < 4.78 is 5.24. The zero-order valence-corrected chi connectivity index (χ0v) is 40.1. The molecular formula is C66H41BN2S2. The number of nitrogens with zero attached hydrogens (tertiary/aromatic N) is 2. The lowest BCUT2D eigenvalue weighted by Crippen LogP contribution is -2.61. The maximum atomic E-state index is 2.57. The number of fused-ring (bicyclic) bond motifs is 10. The highest BCUT2D eigenvalue weighted by Crippen LogP contribution is 2.50. The number of benzene rings is 11. The maximum Gasteiger partial charge on any atom is 0.252 e. The fourth-order valence-electron chi connectivity index (χ4n) is 11.9. The Hall–Kier alpha value is -8.48. The van der Waals surface area contributed by atoms with E-state index in [0.29, 0.717) is 0 Å². The second kappa shape index (κ2) is 16.0.